The Hall–Kier alpha value is -2.73. The predicted octanol–water partition coefficient (Wildman–Crippen LogP) is 3.78. The summed E-state index contributed by atoms with van der Waals surface area (Å²) in [5, 5.41) is 7.07. The largest absolute Gasteiger partial charge is 0.352 e. The number of nitrogens with one attached hydrogen (secondary N) is 1. The Balaban J connectivity index is 1.53. The highest BCUT2D eigenvalue weighted by atomic mass is 35.5. The van der Waals surface area contributed by atoms with Crippen molar-refractivity contribution in [3.8, 4) is 11.4 Å². The molecule has 0 aliphatic carbocycles. The van der Waals surface area contributed by atoms with Crippen LogP contribution in [-0.2, 0) is 17.8 Å². The Labute approximate surface area is 148 Å². The molecule has 25 heavy (non-hydrogen) atoms. The molecule has 3 rings (SSSR count). The zero-order valence-electron chi connectivity index (χ0n) is 13.2. The highest BCUT2D eigenvalue weighted by Crippen LogP contribution is 2.24. The average molecular weight is 360 g/mol. The van der Waals surface area contributed by atoms with E-state index in [9.17, 15) is 9.18 Å². The Morgan fingerprint density at radius 1 is 1.16 bits per heavy atom. The molecule has 1 N–H and O–H groups in total. The number of benzene rings is 2. The van der Waals surface area contributed by atoms with Crippen molar-refractivity contribution in [2.45, 2.75) is 19.4 Å². The van der Waals surface area contributed by atoms with Crippen LogP contribution in [0.4, 0.5) is 4.39 Å². The Morgan fingerprint density at radius 3 is 2.72 bits per heavy atom. The topological polar surface area (TPSA) is 68.0 Å². The first-order chi connectivity index (χ1) is 12.1. The van der Waals surface area contributed by atoms with Crippen molar-refractivity contribution in [3.05, 3.63) is 70.8 Å². The van der Waals surface area contributed by atoms with Gasteiger partial charge in [0.1, 0.15) is 5.82 Å². The van der Waals surface area contributed by atoms with Crippen LogP contribution in [0.25, 0.3) is 11.4 Å². The molecule has 0 fully saturated rings. The lowest BCUT2D eigenvalue weighted by molar-refractivity contribution is -0.121. The van der Waals surface area contributed by atoms with Crippen molar-refractivity contribution in [1.29, 1.82) is 0 Å². The van der Waals surface area contributed by atoms with Gasteiger partial charge in [0.05, 0.1) is 5.02 Å². The number of nitrogens with zero attached hydrogens (tertiary/aromatic N) is 2. The van der Waals surface area contributed by atoms with Crippen LogP contribution >= 0.6 is 11.6 Å². The lowest BCUT2D eigenvalue weighted by Crippen LogP contribution is -2.23. The highest BCUT2D eigenvalue weighted by molar-refractivity contribution is 6.33. The molecule has 7 heteroatoms. The minimum absolute atomic E-state index is 0.139. The van der Waals surface area contributed by atoms with Crippen molar-refractivity contribution < 1.29 is 13.7 Å². The van der Waals surface area contributed by atoms with Gasteiger partial charge in [0.25, 0.3) is 0 Å². The molecule has 0 bridgehead atoms. The van der Waals surface area contributed by atoms with Crippen LogP contribution in [-0.4, -0.2) is 16.0 Å². The number of rotatable bonds is 6. The van der Waals surface area contributed by atoms with Crippen molar-refractivity contribution in [3.63, 3.8) is 0 Å². The third kappa shape index (κ3) is 4.42. The van der Waals surface area contributed by atoms with Gasteiger partial charge in [-0.3, -0.25) is 4.79 Å². The monoisotopic (exact) mass is 359 g/mol. The molecule has 0 saturated carbocycles. The van der Waals surface area contributed by atoms with Crippen LogP contribution in [0.3, 0.4) is 0 Å². The summed E-state index contributed by atoms with van der Waals surface area (Å²) >= 11 is 6.09. The number of carbonyl (C=O) groups excluding carboxylic acids is 1. The molecule has 1 amide bonds. The Morgan fingerprint density at radius 2 is 1.92 bits per heavy atom. The highest BCUT2D eigenvalue weighted by Gasteiger charge is 2.13. The van der Waals surface area contributed by atoms with Crippen molar-refractivity contribution in [1.82, 2.24) is 15.5 Å². The lowest BCUT2D eigenvalue weighted by Gasteiger charge is -2.05. The van der Waals surface area contributed by atoms with E-state index in [1.807, 2.05) is 12.1 Å². The maximum Gasteiger partial charge on any atom is 0.227 e. The van der Waals surface area contributed by atoms with Crippen LogP contribution in [0, 0.1) is 5.82 Å². The van der Waals surface area contributed by atoms with Gasteiger partial charge in [-0.15, -0.1) is 0 Å². The molecule has 0 saturated heterocycles. The molecule has 0 radical (unpaired) electrons. The average Bonchev–Trinajstić information content (AvgIpc) is 3.08. The number of aromatic nitrogens is 2. The molecule has 1 aromatic heterocycles. The molecule has 5 nitrogen and oxygen atoms in total. The quantitative estimate of drug-likeness (QED) is 0.727. The van der Waals surface area contributed by atoms with E-state index < -0.39 is 0 Å². The van der Waals surface area contributed by atoms with Gasteiger partial charge in [-0.1, -0.05) is 47.1 Å². The Bertz CT molecular complexity index is 882. The summed E-state index contributed by atoms with van der Waals surface area (Å²) in [6.45, 7) is 0.139. The molecule has 0 aliphatic rings. The van der Waals surface area contributed by atoms with E-state index in [0.717, 1.165) is 0 Å². The summed E-state index contributed by atoms with van der Waals surface area (Å²) in [7, 11) is 0. The molecule has 0 spiro atoms. The summed E-state index contributed by atoms with van der Waals surface area (Å²) in [6, 6.07) is 13.5. The van der Waals surface area contributed by atoms with E-state index in [0.29, 0.717) is 34.3 Å². The first kappa shape index (κ1) is 17.1. The fraction of sp³-hybridized carbons (Fsp3) is 0.167. The molecule has 0 unspecified atom stereocenters. The maximum atomic E-state index is 13.5. The van der Waals surface area contributed by atoms with E-state index in [2.05, 4.69) is 15.5 Å². The summed E-state index contributed by atoms with van der Waals surface area (Å²) in [6.07, 6.45) is 0.458. The minimum atomic E-state index is -0.343. The van der Waals surface area contributed by atoms with Gasteiger partial charge in [0.15, 0.2) is 0 Å². The van der Waals surface area contributed by atoms with Gasteiger partial charge >= 0.3 is 0 Å². The number of hydrogen-bond donors (Lipinski definition) is 1. The second-order valence-corrected chi connectivity index (χ2v) is 5.77. The first-order valence-electron chi connectivity index (χ1n) is 7.71. The fourth-order valence-electron chi connectivity index (χ4n) is 2.25. The van der Waals surface area contributed by atoms with Gasteiger partial charge < -0.3 is 9.84 Å². The van der Waals surface area contributed by atoms with Crippen molar-refractivity contribution in [2.75, 3.05) is 0 Å². The van der Waals surface area contributed by atoms with Crippen LogP contribution in [0.2, 0.25) is 5.02 Å². The van der Waals surface area contributed by atoms with Gasteiger partial charge in [-0.2, -0.15) is 4.98 Å². The van der Waals surface area contributed by atoms with Crippen LogP contribution in [0.15, 0.2) is 53.1 Å². The maximum absolute atomic E-state index is 13.5. The number of halogens is 2. The smallest absolute Gasteiger partial charge is 0.227 e. The number of hydrogen-bond acceptors (Lipinski definition) is 4. The second-order valence-electron chi connectivity index (χ2n) is 5.36. The van der Waals surface area contributed by atoms with Crippen LogP contribution < -0.4 is 5.32 Å². The van der Waals surface area contributed by atoms with E-state index in [1.165, 1.54) is 6.07 Å². The molecule has 1 heterocycles. The van der Waals surface area contributed by atoms with Crippen LogP contribution in [0.1, 0.15) is 17.9 Å². The van der Waals surface area contributed by atoms with Gasteiger partial charge in [0, 0.05) is 30.5 Å². The standard InChI is InChI=1S/C18H15ClFN3O2/c19-14-7-3-2-6-13(14)18-22-17(25-23-18)10-9-16(24)21-11-12-5-1-4-8-15(12)20/h1-8H,9-11H2,(H,21,24). The first-order valence-corrected chi connectivity index (χ1v) is 8.09. The second kappa shape index (κ2) is 7.90. The molecule has 128 valence electrons. The van der Waals surface area contributed by atoms with Gasteiger partial charge in [-0.25, -0.2) is 4.39 Å². The fourth-order valence-corrected chi connectivity index (χ4v) is 2.47. The summed E-state index contributed by atoms with van der Waals surface area (Å²) in [5.41, 5.74) is 1.11. The minimum Gasteiger partial charge on any atom is -0.352 e. The van der Waals surface area contributed by atoms with Gasteiger partial charge in [0.2, 0.25) is 17.6 Å². The molecular weight excluding hydrogens is 345 g/mol. The summed E-state index contributed by atoms with van der Waals surface area (Å²) < 4.78 is 18.6. The molecule has 2 aromatic carbocycles. The third-order valence-electron chi connectivity index (χ3n) is 3.58. The van der Waals surface area contributed by atoms with Crippen molar-refractivity contribution >= 4 is 17.5 Å². The van der Waals surface area contributed by atoms with E-state index in [1.54, 1.807) is 30.3 Å². The SMILES string of the molecule is O=C(CCc1nc(-c2ccccc2Cl)no1)NCc1ccccc1F. The summed E-state index contributed by atoms with van der Waals surface area (Å²) in [5.74, 6) is 0.160. The summed E-state index contributed by atoms with van der Waals surface area (Å²) in [4.78, 5) is 16.1. The van der Waals surface area contributed by atoms with Crippen molar-refractivity contribution in [2.24, 2.45) is 0 Å². The molecule has 0 aliphatic heterocycles. The zero-order chi connectivity index (χ0) is 17.6. The number of amides is 1. The number of carbonyl (C=O) groups is 1. The third-order valence-corrected chi connectivity index (χ3v) is 3.91. The van der Waals surface area contributed by atoms with Gasteiger partial charge in [-0.05, 0) is 18.2 Å². The predicted molar refractivity (Wildman–Crippen MR) is 91.3 cm³/mol. The normalized spacial score (nSPS) is 10.6. The molecule has 3 aromatic rings. The van der Waals surface area contributed by atoms with Crippen LogP contribution in [0.5, 0.6) is 0 Å². The van der Waals surface area contributed by atoms with E-state index in [-0.39, 0.29) is 24.7 Å². The molecule has 0 atom stereocenters. The van der Waals surface area contributed by atoms with E-state index in [4.69, 9.17) is 16.1 Å². The van der Waals surface area contributed by atoms with E-state index >= 15 is 0 Å². The number of aryl methyl sites for hydroxylation is 1. The zero-order valence-corrected chi connectivity index (χ0v) is 14.0. The Kier molecular flexibility index (Phi) is 5.40. The molecular formula is C18H15ClFN3O2. The lowest BCUT2D eigenvalue weighted by atomic mass is 10.2.